The molecule has 7 N–H and O–H groups in total. The highest BCUT2D eigenvalue weighted by molar-refractivity contribution is 6.03. The number of rotatable bonds is 4. The van der Waals surface area contributed by atoms with Crippen LogP contribution >= 0.6 is 0 Å². The normalized spacial score (nSPS) is 15.4. The molecule has 1 saturated heterocycles. The van der Waals surface area contributed by atoms with Crippen LogP contribution in [0.15, 0.2) is 52.1 Å². The first-order valence-corrected chi connectivity index (χ1v) is 9.46. The molecule has 29 heavy (non-hydrogen) atoms. The van der Waals surface area contributed by atoms with Gasteiger partial charge in [0.1, 0.15) is 5.52 Å². The molecule has 0 spiro atoms. The molecule has 0 unspecified atom stereocenters. The highest BCUT2D eigenvalue weighted by atomic mass is 16.5. The van der Waals surface area contributed by atoms with Gasteiger partial charge in [-0.15, -0.1) is 0 Å². The number of hydrogen-bond acceptors (Lipinski definition) is 7. The van der Waals surface area contributed by atoms with Crippen LogP contribution in [0.2, 0.25) is 0 Å². The maximum atomic E-state index is 12.4. The number of nitrogens with one attached hydrogen (secondary N) is 3. The Balaban J connectivity index is 1.56. The zero-order valence-corrected chi connectivity index (χ0v) is 15.8. The Bertz CT molecular complexity index is 1040. The summed E-state index contributed by atoms with van der Waals surface area (Å²) < 4.78 is 5.55. The average Bonchev–Trinajstić information content (AvgIpc) is 3.19. The number of amidine groups is 1. The molecule has 4 rings (SSSR count). The van der Waals surface area contributed by atoms with Gasteiger partial charge in [0.2, 0.25) is 5.91 Å². The first-order chi connectivity index (χ1) is 14.2. The zero-order chi connectivity index (χ0) is 20.2. The number of fused-ring (bicyclic) bond motifs is 1. The summed E-state index contributed by atoms with van der Waals surface area (Å²) in [5.41, 5.74) is 5.50. The molecule has 0 atom stereocenters. The van der Waals surface area contributed by atoms with Gasteiger partial charge < -0.3 is 26.4 Å². The standard InChI is InChI=1S/C20H23N7O2/c21-25-19(26-22)14-3-6-17-16(11-14)18(29-27-17)12-1-4-15(5-2-12)24-20(28)13-7-9-23-10-8-13/h1-6,11,13,23H,7-10,21-22H2,(H,24,28)(H,25,26). The van der Waals surface area contributed by atoms with Crippen molar-refractivity contribution in [2.24, 2.45) is 22.7 Å². The van der Waals surface area contributed by atoms with E-state index in [1.165, 1.54) is 0 Å². The number of hydrazine groups is 1. The minimum Gasteiger partial charge on any atom is -0.355 e. The monoisotopic (exact) mass is 393 g/mol. The van der Waals surface area contributed by atoms with Gasteiger partial charge >= 0.3 is 0 Å². The fraction of sp³-hybridized carbons (Fsp3) is 0.250. The van der Waals surface area contributed by atoms with Gasteiger partial charge in [-0.3, -0.25) is 4.79 Å². The smallest absolute Gasteiger partial charge is 0.227 e. The summed E-state index contributed by atoms with van der Waals surface area (Å²) in [7, 11) is 0. The van der Waals surface area contributed by atoms with E-state index in [9.17, 15) is 4.79 Å². The van der Waals surface area contributed by atoms with Crippen LogP contribution in [0.1, 0.15) is 18.4 Å². The van der Waals surface area contributed by atoms with E-state index in [2.05, 4.69) is 26.3 Å². The van der Waals surface area contributed by atoms with E-state index in [1.807, 2.05) is 36.4 Å². The number of nitrogens with two attached hydrogens (primary N) is 2. The van der Waals surface area contributed by atoms with Crippen molar-refractivity contribution >= 4 is 28.3 Å². The minimum atomic E-state index is 0.0575. The molecule has 3 aromatic rings. The number of aromatic nitrogens is 1. The van der Waals surface area contributed by atoms with Crippen molar-refractivity contribution < 1.29 is 9.32 Å². The number of nitrogens with zero attached hydrogens (tertiary/aromatic N) is 2. The maximum Gasteiger partial charge on any atom is 0.227 e. The number of anilines is 1. The van der Waals surface area contributed by atoms with E-state index in [4.69, 9.17) is 16.2 Å². The lowest BCUT2D eigenvalue weighted by atomic mass is 9.97. The number of amides is 1. The molecule has 1 aromatic heterocycles. The summed E-state index contributed by atoms with van der Waals surface area (Å²) in [6.45, 7) is 1.77. The predicted molar refractivity (Wildman–Crippen MR) is 112 cm³/mol. The SMILES string of the molecule is N/N=C(\NN)c1ccc2noc(-c3ccc(NC(=O)C4CCNCC4)cc3)c2c1. The lowest BCUT2D eigenvalue weighted by Crippen LogP contribution is -2.34. The first kappa shape index (κ1) is 18.9. The molecule has 0 aliphatic carbocycles. The second kappa shape index (κ2) is 8.29. The van der Waals surface area contributed by atoms with E-state index >= 15 is 0 Å². The van der Waals surface area contributed by atoms with Crippen molar-refractivity contribution in [3.8, 4) is 11.3 Å². The summed E-state index contributed by atoms with van der Waals surface area (Å²) in [5.74, 6) is 11.9. The highest BCUT2D eigenvalue weighted by Crippen LogP contribution is 2.30. The summed E-state index contributed by atoms with van der Waals surface area (Å²) in [6, 6.07) is 13.0. The number of hydrazone groups is 1. The maximum absolute atomic E-state index is 12.4. The molecule has 0 bridgehead atoms. The third-order valence-corrected chi connectivity index (χ3v) is 5.14. The summed E-state index contributed by atoms with van der Waals surface area (Å²) in [4.78, 5) is 12.4. The summed E-state index contributed by atoms with van der Waals surface area (Å²) in [6.07, 6.45) is 1.73. The second-order valence-electron chi connectivity index (χ2n) is 6.96. The molecular formula is C20H23N7O2. The van der Waals surface area contributed by atoms with Crippen LogP contribution < -0.4 is 27.7 Å². The molecule has 2 aromatic carbocycles. The molecule has 1 amide bonds. The van der Waals surface area contributed by atoms with Crippen molar-refractivity contribution in [2.45, 2.75) is 12.8 Å². The van der Waals surface area contributed by atoms with E-state index in [0.29, 0.717) is 17.1 Å². The van der Waals surface area contributed by atoms with Crippen LogP contribution in [0.3, 0.4) is 0 Å². The fourth-order valence-corrected chi connectivity index (χ4v) is 3.53. The molecule has 2 heterocycles. The Morgan fingerprint density at radius 1 is 1.17 bits per heavy atom. The number of hydrogen-bond donors (Lipinski definition) is 5. The molecule has 9 heteroatoms. The number of piperidine rings is 1. The van der Waals surface area contributed by atoms with Gasteiger partial charge in [-0.1, -0.05) is 5.16 Å². The summed E-state index contributed by atoms with van der Waals surface area (Å²) >= 11 is 0. The third-order valence-electron chi connectivity index (χ3n) is 5.14. The van der Waals surface area contributed by atoms with Crippen LogP contribution in [0.4, 0.5) is 5.69 Å². The number of carbonyl (C=O) groups excluding carboxylic acids is 1. The summed E-state index contributed by atoms with van der Waals surface area (Å²) in [5, 5.41) is 14.8. The molecule has 0 radical (unpaired) electrons. The predicted octanol–water partition coefficient (Wildman–Crippen LogP) is 1.52. The third kappa shape index (κ3) is 3.91. The van der Waals surface area contributed by atoms with Gasteiger partial charge in [0.25, 0.3) is 0 Å². The lowest BCUT2D eigenvalue weighted by molar-refractivity contribution is -0.120. The molecule has 1 aliphatic rings. The molecule has 1 aliphatic heterocycles. The zero-order valence-electron chi connectivity index (χ0n) is 15.8. The molecule has 1 fully saturated rings. The molecule has 9 nitrogen and oxygen atoms in total. The first-order valence-electron chi connectivity index (χ1n) is 9.46. The van der Waals surface area contributed by atoms with Crippen LogP contribution in [0, 0.1) is 5.92 Å². The van der Waals surface area contributed by atoms with E-state index in [0.717, 1.165) is 48.1 Å². The van der Waals surface area contributed by atoms with Crippen molar-refractivity contribution in [3.05, 3.63) is 48.0 Å². The Hall–Kier alpha value is -3.43. The number of benzene rings is 2. The van der Waals surface area contributed by atoms with Gasteiger partial charge in [-0.2, -0.15) is 5.10 Å². The Labute approximate surface area is 167 Å². The minimum absolute atomic E-state index is 0.0575. The Morgan fingerprint density at radius 2 is 1.93 bits per heavy atom. The largest absolute Gasteiger partial charge is 0.355 e. The topological polar surface area (TPSA) is 144 Å². The van der Waals surface area contributed by atoms with E-state index < -0.39 is 0 Å². The van der Waals surface area contributed by atoms with Crippen molar-refractivity contribution in [2.75, 3.05) is 18.4 Å². The van der Waals surface area contributed by atoms with E-state index in [1.54, 1.807) is 6.07 Å². The fourth-order valence-electron chi connectivity index (χ4n) is 3.53. The van der Waals surface area contributed by atoms with Gasteiger partial charge in [0.15, 0.2) is 11.6 Å². The highest BCUT2D eigenvalue weighted by Gasteiger charge is 2.21. The van der Waals surface area contributed by atoms with Crippen LogP contribution in [0.25, 0.3) is 22.2 Å². The van der Waals surface area contributed by atoms with Gasteiger partial charge in [-0.05, 0) is 68.4 Å². The van der Waals surface area contributed by atoms with Crippen LogP contribution in [0.5, 0.6) is 0 Å². The van der Waals surface area contributed by atoms with Crippen molar-refractivity contribution in [1.29, 1.82) is 0 Å². The van der Waals surface area contributed by atoms with Gasteiger partial charge in [-0.25, -0.2) is 5.84 Å². The van der Waals surface area contributed by atoms with Crippen LogP contribution in [-0.4, -0.2) is 30.0 Å². The van der Waals surface area contributed by atoms with E-state index in [-0.39, 0.29) is 11.8 Å². The Morgan fingerprint density at radius 3 is 2.62 bits per heavy atom. The van der Waals surface area contributed by atoms with Crippen LogP contribution in [-0.2, 0) is 4.79 Å². The molecule has 150 valence electrons. The molecular weight excluding hydrogens is 370 g/mol. The quantitative estimate of drug-likeness (QED) is 0.196. The second-order valence-corrected chi connectivity index (χ2v) is 6.96. The van der Waals surface area contributed by atoms with Crippen molar-refractivity contribution in [3.63, 3.8) is 0 Å². The Kier molecular flexibility index (Phi) is 5.41. The molecule has 0 saturated carbocycles. The van der Waals surface area contributed by atoms with Crippen molar-refractivity contribution in [1.82, 2.24) is 15.9 Å². The van der Waals surface area contributed by atoms with Gasteiger partial charge in [0, 0.05) is 22.7 Å². The number of carbonyl (C=O) groups is 1. The average molecular weight is 393 g/mol. The lowest BCUT2D eigenvalue weighted by Gasteiger charge is -2.21. The van der Waals surface area contributed by atoms with Gasteiger partial charge in [0.05, 0.1) is 5.39 Å².